The molecule has 1 heterocycles. The number of carbonyl (C=O) groups excluding carboxylic acids is 2. The summed E-state index contributed by atoms with van der Waals surface area (Å²) < 4.78 is 4.52. The molecule has 0 amide bonds. The highest BCUT2D eigenvalue weighted by atomic mass is 16.5. The number of esters is 1. The lowest BCUT2D eigenvalue weighted by atomic mass is 10.0. The van der Waals surface area contributed by atoms with Gasteiger partial charge >= 0.3 is 5.97 Å². The number of Topliss-reactive ketones (excluding diaryl/α,β-unsaturated/α-hetero) is 1. The minimum atomic E-state index is -0.417. The topological polar surface area (TPSA) is 60.6 Å². The minimum absolute atomic E-state index is 0.0426. The quantitative estimate of drug-likeness (QED) is 0.481. The lowest BCUT2D eigenvalue weighted by Gasteiger charge is -2.04. The average Bonchev–Trinajstić information content (AvgIpc) is 2.59. The van der Waals surface area contributed by atoms with Gasteiger partial charge in [0.05, 0.1) is 20.1 Å². The van der Waals surface area contributed by atoms with Crippen LogP contribution < -0.4 is 0 Å². The van der Waals surface area contributed by atoms with Crippen molar-refractivity contribution >= 4 is 17.4 Å². The molecule has 5 heteroatoms. The zero-order valence-corrected chi connectivity index (χ0v) is 12.1. The summed E-state index contributed by atoms with van der Waals surface area (Å²) >= 11 is 0. The molecule has 0 saturated carbocycles. The molecule has 0 aliphatic heterocycles. The zero-order chi connectivity index (χ0) is 15.9. The van der Waals surface area contributed by atoms with E-state index in [0.29, 0.717) is 11.4 Å². The largest absolute Gasteiger partial charge is 0.469 e. The molecule has 0 aliphatic rings. The van der Waals surface area contributed by atoms with Crippen molar-refractivity contribution in [3.8, 4) is 11.1 Å². The second-order valence-electron chi connectivity index (χ2n) is 4.59. The Balaban J connectivity index is 2.17. The highest BCUT2D eigenvalue weighted by Gasteiger charge is 2.11. The third kappa shape index (κ3) is 3.76. The van der Waals surface area contributed by atoms with Crippen LogP contribution >= 0.6 is 0 Å². The first kappa shape index (κ1) is 15.4. The minimum Gasteiger partial charge on any atom is -0.469 e. The molecule has 0 unspecified atom stereocenters. The van der Waals surface area contributed by atoms with Crippen LogP contribution in [-0.4, -0.2) is 23.8 Å². The molecule has 0 spiro atoms. The SMILES string of the molecule is [C-]#[N+]c1ccc(-c2ccnc(C(=O)CCC(=O)OC)c2)cc1. The van der Waals surface area contributed by atoms with Crippen LogP contribution in [0.3, 0.4) is 0 Å². The number of benzene rings is 1. The Morgan fingerprint density at radius 1 is 1.14 bits per heavy atom. The Kier molecular flexibility index (Phi) is 4.99. The van der Waals surface area contributed by atoms with E-state index < -0.39 is 5.97 Å². The van der Waals surface area contributed by atoms with E-state index in [1.165, 1.54) is 7.11 Å². The van der Waals surface area contributed by atoms with E-state index in [2.05, 4.69) is 14.6 Å². The summed E-state index contributed by atoms with van der Waals surface area (Å²) in [5.41, 5.74) is 2.62. The van der Waals surface area contributed by atoms with Crippen molar-refractivity contribution in [2.45, 2.75) is 12.8 Å². The number of carbonyl (C=O) groups is 2. The molecule has 22 heavy (non-hydrogen) atoms. The van der Waals surface area contributed by atoms with Crippen molar-refractivity contribution in [2.75, 3.05) is 7.11 Å². The van der Waals surface area contributed by atoms with E-state index in [9.17, 15) is 9.59 Å². The molecule has 1 aromatic carbocycles. The molecule has 0 radical (unpaired) electrons. The summed E-state index contributed by atoms with van der Waals surface area (Å²) in [5.74, 6) is -0.621. The molecule has 0 aliphatic carbocycles. The summed E-state index contributed by atoms with van der Waals surface area (Å²) in [5, 5.41) is 0. The van der Waals surface area contributed by atoms with Crippen molar-refractivity contribution in [2.24, 2.45) is 0 Å². The molecule has 5 nitrogen and oxygen atoms in total. The van der Waals surface area contributed by atoms with Crippen LogP contribution in [0.4, 0.5) is 5.69 Å². The van der Waals surface area contributed by atoms with Crippen LogP contribution in [0.25, 0.3) is 16.0 Å². The first-order valence-electron chi connectivity index (χ1n) is 6.68. The highest BCUT2D eigenvalue weighted by molar-refractivity contribution is 5.96. The molecule has 1 aromatic heterocycles. The maximum Gasteiger partial charge on any atom is 0.305 e. The lowest BCUT2D eigenvalue weighted by molar-refractivity contribution is -0.140. The highest BCUT2D eigenvalue weighted by Crippen LogP contribution is 2.23. The third-order valence-corrected chi connectivity index (χ3v) is 3.16. The number of hydrogen-bond acceptors (Lipinski definition) is 4. The Hall–Kier alpha value is -3.00. The normalized spacial score (nSPS) is 9.82. The number of hydrogen-bond donors (Lipinski definition) is 0. The van der Waals surface area contributed by atoms with E-state index in [4.69, 9.17) is 6.57 Å². The fourth-order valence-electron chi connectivity index (χ4n) is 1.94. The number of ether oxygens (including phenoxy) is 1. The lowest BCUT2D eigenvalue weighted by Crippen LogP contribution is -2.07. The van der Waals surface area contributed by atoms with Crippen molar-refractivity contribution in [3.05, 3.63) is 59.7 Å². The Labute approximate surface area is 128 Å². The monoisotopic (exact) mass is 294 g/mol. The number of aromatic nitrogens is 1. The summed E-state index contributed by atoms with van der Waals surface area (Å²) in [7, 11) is 1.29. The van der Waals surface area contributed by atoms with Crippen LogP contribution in [0, 0.1) is 6.57 Å². The number of rotatable bonds is 5. The third-order valence-electron chi connectivity index (χ3n) is 3.16. The molecular formula is C17H14N2O3. The van der Waals surface area contributed by atoms with Gasteiger partial charge in [-0.1, -0.05) is 24.3 Å². The van der Waals surface area contributed by atoms with E-state index in [0.717, 1.165) is 11.1 Å². The fraction of sp³-hybridized carbons (Fsp3) is 0.176. The Morgan fingerprint density at radius 2 is 1.86 bits per heavy atom. The maximum absolute atomic E-state index is 12.0. The molecule has 0 bridgehead atoms. The molecular weight excluding hydrogens is 280 g/mol. The summed E-state index contributed by atoms with van der Waals surface area (Å²) in [6.07, 6.45) is 1.67. The molecule has 2 rings (SSSR count). The second kappa shape index (κ2) is 7.14. The van der Waals surface area contributed by atoms with Gasteiger partial charge in [0.15, 0.2) is 11.5 Å². The molecule has 0 atom stereocenters. The van der Waals surface area contributed by atoms with Gasteiger partial charge in [0.1, 0.15) is 5.69 Å². The van der Waals surface area contributed by atoms with Crippen LogP contribution in [-0.2, 0) is 9.53 Å². The molecule has 110 valence electrons. The van der Waals surface area contributed by atoms with E-state index >= 15 is 0 Å². The number of methoxy groups -OCH3 is 1. The zero-order valence-electron chi connectivity index (χ0n) is 12.1. The number of nitrogens with zero attached hydrogens (tertiary/aromatic N) is 2. The van der Waals surface area contributed by atoms with Gasteiger partial charge in [-0.2, -0.15) is 0 Å². The van der Waals surface area contributed by atoms with Crippen molar-refractivity contribution in [1.29, 1.82) is 0 Å². The van der Waals surface area contributed by atoms with Crippen LogP contribution in [0.5, 0.6) is 0 Å². The maximum atomic E-state index is 12.0. The molecule has 0 saturated heterocycles. The van der Waals surface area contributed by atoms with Gasteiger partial charge in [0.2, 0.25) is 0 Å². The standard InChI is InChI=1S/C17H14N2O3/c1-18-14-5-3-12(4-6-14)13-9-10-19-15(11-13)16(20)7-8-17(21)22-2/h3-6,9-11H,7-8H2,2H3. The van der Waals surface area contributed by atoms with E-state index in [-0.39, 0.29) is 18.6 Å². The van der Waals surface area contributed by atoms with Gasteiger partial charge in [0.25, 0.3) is 0 Å². The smallest absolute Gasteiger partial charge is 0.305 e. The number of pyridine rings is 1. The van der Waals surface area contributed by atoms with Gasteiger partial charge in [0, 0.05) is 12.6 Å². The van der Waals surface area contributed by atoms with E-state index in [1.807, 2.05) is 12.1 Å². The molecule has 0 fully saturated rings. The van der Waals surface area contributed by atoms with Crippen LogP contribution in [0.15, 0.2) is 42.6 Å². The van der Waals surface area contributed by atoms with Gasteiger partial charge in [-0.05, 0) is 23.3 Å². The summed E-state index contributed by atoms with van der Waals surface area (Å²) in [4.78, 5) is 30.5. The van der Waals surface area contributed by atoms with Gasteiger partial charge < -0.3 is 4.74 Å². The Morgan fingerprint density at radius 3 is 2.50 bits per heavy atom. The molecule has 0 N–H and O–H groups in total. The predicted octanol–water partition coefficient (Wildman–Crippen LogP) is 3.44. The average molecular weight is 294 g/mol. The van der Waals surface area contributed by atoms with E-state index in [1.54, 1.807) is 30.5 Å². The summed E-state index contributed by atoms with van der Waals surface area (Å²) in [6, 6.07) is 10.6. The fourth-order valence-corrected chi connectivity index (χ4v) is 1.94. The van der Waals surface area contributed by atoms with Gasteiger partial charge in [-0.25, -0.2) is 4.85 Å². The van der Waals surface area contributed by atoms with Gasteiger partial charge in [-0.3, -0.25) is 14.6 Å². The van der Waals surface area contributed by atoms with Crippen molar-refractivity contribution in [3.63, 3.8) is 0 Å². The van der Waals surface area contributed by atoms with Crippen molar-refractivity contribution < 1.29 is 14.3 Å². The molecule has 2 aromatic rings. The van der Waals surface area contributed by atoms with Crippen LogP contribution in [0.2, 0.25) is 0 Å². The first-order chi connectivity index (χ1) is 10.6. The summed E-state index contributed by atoms with van der Waals surface area (Å²) in [6.45, 7) is 6.94. The first-order valence-corrected chi connectivity index (χ1v) is 6.68. The van der Waals surface area contributed by atoms with Crippen LogP contribution in [0.1, 0.15) is 23.3 Å². The number of ketones is 1. The second-order valence-corrected chi connectivity index (χ2v) is 4.59. The van der Waals surface area contributed by atoms with Gasteiger partial charge in [-0.15, -0.1) is 0 Å². The van der Waals surface area contributed by atoms with Crippen molar-refractivity contribution in [1.82, 2.24) is 4.98 Å². The Bertz CT molecular complexity index is 730. The predicted molar refractivity (Wildman–Crippen MR) is 81.5 cm³/mol.